The molecule has 2 aromatic rings. The molecular weight excluding hydrogens is 504 g/mol. The van der Waals surface area contributed by atoms with Crippen LogP contribution in [-0.4, -0.2) is 11.9 Å². The maximum Gasteiger partial charge on any atom is -0.147 e. The number of aromatic nitrogens is 1. The fourth-order valence-corrected chi connectivity index (χ4v) is 24.3. The SMILES string of the molecule is CC1=C(C)C(C)[C]([Zr]([CH3])([CH3])(=[SiH2])[CH]2C=C(c3cccnc3)c3ccccc32)=C1C.Cl.Cl. The second kappa shape index (κ2) is 8.66. The van der Waals surface area contributed by atoms with Gasteiger partial charge in [0.05, 0.1) is 0 Å². The number of pyridine rings is 1. The fraction of sp³-hybridized carbons (Fsp3) is 0.320. The normalized spacial score (nSPS) is 21.1. The molecule has 2 aliphatic rings. The largest absolute Gasteiger partial charge is 0.147 e. The number of hydrogen-bond donors (Lipinski definition) is 0. The van der Waals surface area contributed by atoms with Crippen molar-refractivity contribution >= 4 is 37.3 Å². The van der Waals surface area contributed by atoms with Crippen LogP contribution in [0, 0.1) is 5.92 Å². The van der Waals surface area contributed by atoms with Crippen LogP contribution in [0.5, 0.6) is 0 Å². The first-order valence-electron chi connectivity index (χ1n) is 10.3. The van der Waals surface area contributed by atoms with Gasteiger partial charge in [0.15, 0.2) is 0 Å². The van der Waals surface area contributed by atoms with Crippen LogP contribution in [-0.2, 0) is 17.4 Å². The fourth-order valence-electron chi connectivity index (χ4n) is 5.76. The summed E-state index contributed by atoms with van der Waals surface area (Å²) in [5.41, 5.74) is 10.2. The van der Waals surface area contributed by atoms with Crippen LogP contribution in [0.3, 0.4) is 0 Å². The molecule has 0 N–H and O–H groups in total. The summed E-state index contributed by atoms with van der Waals surface area (Å²) in [6, 6.07) is 13.3. The average molecular weight is 538 g/mol. The Morgan fingerprint density at radius 3 is 2.17 bits per heavy atom. The number of allylic oxidation sites excluding steroid dienone is 5. The zero-order chi connectivity index (χ0) is 20.3. The van der Waals surface area contributed by atoms with Crippen molar-refractivity contribution in [1.82, 2.24) is 4.98 Å². The number of nitrogens with zero attached hydrogens (tertiary/aromatic N) is 1. The molecule has 160 valence electrons. The van der Waals surface area contributed by atoms with Gasteiger partial charge in [0.2, 0.25) is 0 Å². The second-order valence-corrected chi connectivity index (χ2v) is 39.3. The van der Waals surface area contributed by atoms with Crippen molar-refractivity contribution < 1.29 is 17.4 Å². The van der Waals surface area contributed by atoms with E-state index in [4.69, 9.17) is 0 Å². The zero-order valence-electron chi connectivity index (χ0n) is 18.8. The molecule has 1 aromatic carbocycles. The molecule has 4 rings (SSSR count). The summed E-state index contributed by atoms with van der Waals surface area (Å²) in [4.78, 5) is 4.39. The molecule has 0 saturated carbocycles. The van der Waals surface area contributed by atoms with E-state index in [0.717, 1.165) is 0 Å². The molecule has 0 radical (unpaired) electrons. The van der Waals surface area contributed by atoms with E-state index in [1.54, 1.807) is 14.4 Å². The number of fused-ring (bicyclic) bond motifs is 1. The summed E-state index contributed by atoms with van der Waals surface area (Å²) >= 11 is -3.30. The van der Waals surface area contributed by atoms with Crippen LogP contribution in [0.4, 0.5) is 0 Å². The van der Waals surface area contributed by atoms with E-state index in [1.807, 2.05) is 18.5 Å². The Balaban J connectivity index is 0.00000160. The van der Waals surface area contributed by atoms with Crippen molar-refractivity contribution in [1.29, 1.82) is 0 Å². The molecule has 2 unspecified atom stereocenters. The van der Waals surface area contributed by atoms with Crippen molar-refractivity contribution in [3.63, 3.8) is 0 Å². The minimum Gasteiger partial charge on any atom is -0.147 e. The van der Waals surface area contributed by atoms with Gasteiger partial charge in [-0.1, -0.05) is 0 Å². The third-order valence-corrected chi connectivity index (χ3v) is 24.7. The minimum atomic E-state index is -3.30. The molecule has 0 fully saturated rings. The molecule has 0 spiro atoms. The molecule has 2 aliphatic carbocycles. The molecule has 30 heavy (non-hydrogen) atoms. The molecule has 1 nitrogen and oxygen atoms in total. The first-order chi connectivity index (χ1) is 13.1. The summed E-state index contributed by atoms with van der Waals surface area (Å²) in [5.74, 6) is 0.584. The third-order valence-electron chi connectivity index (χ3n) is 7.41. The standard InChI is InChI=1S/C14H10N.C9H13.2CH3.2ClH.H2Si.Zr/c1-2-6-13-11(4-1)7-8-14(13)12-5-3-9-15-10-12;1-6-5-7(2)9(4)8(6)3;;;;;;/h1-10H;6H,1-4H3;2*1H3;2*1H;1H2;. The molecule has 0 saturated heterocycles. The smallest absolute Gasteiger partial charge is 0.147 e. The Hall–Kier alpha value is -0.730. The maximum atomic E-state index is 4.39. The zero-order valence-corrected chi connectivity index (χ0v) is 24.3. The van der Waals surface area contributed by atoms with Crippen molar-refractivity contribution in [2.75, 3.05) is 0 Å². The van der Waals surface area contributed by atoms with Crippen molar-refractivity contribution in [3.05, 3.63) is 91.6 Å². The van der Waals surface area contributed by atoms with Gasteiger partial charge in [0.1, 0.15) is 0 Å². The van der Waals surface area contributed by atoms with Gasteiger partial charge >= 0.3 is 173 Å². The monoisotopic (exact) mass is 535 g/mol. The van der Waals surface area contributed by atoms with Gasteiger partial charge in [-0.25, -0.2) is 0 Å². The Morgan fingerprint density at radius 1 is 0.933 bits per heavy atom. The first-order valence-corrected chi connectivity index (χ1v) is 23.8. The van der Waals surface area contributed by atoms with E-state index in [1.165, 1.54) is 27.8 Å². The predicted octanol–water partition coefficient (Wildman–Crippen LogP) is 7.01. The second-order valence-electron chi connectivity index (χ2n) is 9.77. The van der Waals surface area contributed by atoms with E-state index >= 15 is 0 Å². The molecule has 0 aliphatic heterocycles. The first kappa shape index (κ1) is 25.5. The molecule has 1 aromatic heterocycles. The summed E-state index contributed by atoms with van der Waals surface area (Å²) < 4.78 is 7.69. The predicted molar refractivity (Wildman–Crippen MR) is 136 cm³/mol. The van der Waals surface area contributed by atoms with Crippen molar-refractivity contribution in [2.45, 2.75) is 40.6 Å². The number of hydrogen-bond acceptors (Lipinski definition) is 1. The average Bonchev–Trinajstić information content (AvgIpc) is 3.16. The van der Waals surface area contributed by atoms with Crippen LogP contribution in [0.25, 0.3) is 5.57 Å². The van der Waals surface area contributed by atoms with Crippen molar-refractivity contribution in [3.8, 4) is 0 Å². The van der Waals surface area contributed by atoms with E-state index in [9.17, 15) is 0 Å². The molecule has 0 bridgehead atoms. The molecule has 1 heterocycles. The van der Waals surface area contributed by atoms with E-state index in [-0.39, 0.29) is 24.8 Å². The minimum absolute atomic E-state index is 0. The summed E-state index contributed by atoms with van der Waals surface area (Å²) in [5, 5.41) is 0. The number of halogens is 2. The summed E-state index contributed by atoms with van der Waals surface area (Å²) in [6.45, 7) is 11.9. The molecule has 0 amide bonds. The van der Waals surface area contributed by atoms with E-state index < -0.39 is 17.4 Å². The van der Waals surface area contributed by atoms with Crippen LogP contribution in [0.2, 0.25) is 9.26 Å². The molecule has 2 atom stereocenters. The Bertz CT molecular complexity index is 1140. The van der Waals surface area contributed by atoms with E-state index in [2.05, 4.69) is 85.2 Å². The molecule has 5 heteroatoms. The third kappa shape index (κ3) is 3.81. The summed E-state index contributed by atoms with van der Waals surface area (Å²) in [6.07, 6.45) is 6.46. The Kier molecular flexibility index (Phi) is 7.37. The van der Waals surface area contributed by atoms with Crippen LogP contribution >= 0.6 is 24.8 Å². The van der Waals surface area contributed by atoms with Crippen LogP contribution < -0.4 is 0 Å². The number of rotatable bonds is 3. The Morgan fingerprint density at radius 2 is 1.60 bits per heavy atom. The quantitative estimate of drug-likeness (QED) is 0.384. The van der Waals surface area contributed by atoms with E-state index in [0.29, 0.717) is 9.54 Å². The van der Waals surface area contributed by atoms with Gasteiger partial charge in [0.25, 0.3) is 0 Å². The van der Waals surface area contributed by atoms with Gasteiger partial charge in [-0.15, -0.1) is 24.8 Å². The van der Waals surface area contributed by atoms with Gasteiger partial charge in [0, 0.05) is 0 Å². The Labute approximate surface area is 196 Å². The molecular formula is C25H33Cl2NSiZr. The van der Waals surface area contributed by atoms with Gasteiger partial charge < -0.3 is 0 Å². The van der Waals surface area contributed by atoms with Gasteiger partial charge in [-0.3, -0.25) is 0 Å². The topological polar surface area (TPSA) is 12.9 Å². The maximum absolute atomic E-state index is 4.39. The summed E-state index contributed by atoms with van der Waals surface area (Å²) in [7, 11) is 0. The van der Waals surface area contributed by atoms with Crippen molar-refractivity contribution in [2.24, 2.45) is 5.92 Å². The van der Waals surface area contributed by atoms with Crippen LogP contribution in [0.1, 0.15) is 48.0 Å². The van der Waals surface area contributed by atoms with Gasteiger partial charge in [-0.05, 0) is 0 Å². The van der Waals surface area contributed by atoms with Gasteiger partial charge in [-0.2, -0.15) is 0 Å². The van der Waals surface area contributed by atoms with Crippen LogP contribution in [0.15, 0.2) is 74.9 Å². The number of benzene rings is 1.